The van der Waals surface area contributed by atoms with Gasteiger partial charge in [0.1, 0.15) is 5.75 Å². The molecule has 0 saturated heterocycles. The van der Waals surface area contributed by atoms with Gasteiger partial charge < -0.3 is 10.1 Å². The molecule has 2 N–H and O–H groups in total. The molecule has 162 valence electrons. The van der Waals surface area contributed by atoms with Crippen LogP contribution >= 0.6 is 0 Å². The molecule has 3 aromatic rings. The Bertz CT molecular complexity index is 1130. The number of aryl methyl sites for hydroxylation is 2. The maximum Gasteiger partial charge on any atom is 0.261 e. The predicted molar refractivity (Wildman–Crippen MR) is 122 cm³/mol. The quantitative estimate of drug-likeness (QED) is 0.491. The predicted octanol–water partition coefficient (Wildman–Crippen LogP) is 4.17. The van der Waals surface area contributed by atoms with E-state index >= 15 is 0 Å². The number of rotatable bonds is 9. The molecule has 0 fully saturated rings. The van der Waals surface area contributed by atoms with Gasteiger partial charge in [-0.3, -0.25) is 9.52 Å². The third-order valence-corrected chi connectivity index (χ3v) is 6.23. The van der Waals surface area contributed by atoms with Crippen LogP contribution in [0.3, 0.4) is 0 Å². The Kier molecular flexibility index (Phi) is 7.31. The van der Waals surface area contributed by atoms with E-state index < -0.39 is 10.0 Å². The second-order valence-electron chi connectivity index (χ2n) is 7.17. The second kappa shape index (κ2) is 10.1. The lowest BCUT2D eigenvalue weighted by atomic mass is 10.1. The topological polar surface area (TPSA) is 84.5 Å². The maximum atomic E-state index is 12.5. The first-order valence-electron chi connectivity index (χ1n) is 9.99. The summed E-state index contributed by atoms with van der Waals surface area (Å²) >= 11 is 0. The number of hydrogen-bond acceptors (Lipinski definition) is 4. The summed E-state index contributed by atoms with van der Waals surface area (Å²) in [6, 6.07) is 20.8. The van der Waals surface area contributed by atoms with Crippen molar-refractivity contribution in [2.45, 2.75) is 24.7 Å². The van der Waals surface area contributed by atoms with Gasteiger partial charge in [0.05, 0.1) is 12.0 Å². The van der Waals surface area contributed by atoms with E-state index in [1.165, 1.54) is 0 Å². The minimum Gasteiger partial charge on any atom is -0.496 e. The molecule has 0 heterocycles. The number of para-hydroxylation sites is 1. The molecule has 0 aliphatic rings. The molecule has 0 aromatic heterocycles. The Morgan fingerprint density at radius 3 is 2.29 bits per heavy atom. The first-order chi connectivity index (χ1) is 14.9. The molecule has 31 heavy (non-hydrogen) atoms. The summed E-state index contributed by atoms with van der Waals surface area (Å²) in [5, 5.41) is 2.89. The summed E-state index contributed by atoms with van der Waals surface area (Å²) in [5.74, 6) is 0.644. The van der Waals surface area contributed by atoms with E-state index in [0.29, 0.717) is 17.8 Å². The average molecular weight is 439 g/mol. The van der Waals surface area contributed by atoms with E-state index in [1.54, 1.807) is 55.6 Å². The fourth-order valence-corrected chi connectivity index (χ4v) is 4.17. The Labute approximate surface area is 183 Å². The Hall–Kier alpha value is -3.32. The zero-order valence-corrected chi connectivity index (χ0v) is 18.4. The monoisotopic (exact) mass is 438 g/mol. The standard InChI is InChI=1S/C24H26N2O4S/c1-18-9-15-22(16-10-18)31(28,29)26-21-13-11-20(12-14-21)24(27)25-17-5-7-19-6-3-4-8-23(19)30-2/h3-4,6,8-16,26H,5,7,17H2,1-2H3,(H,25,27). The lowest BCUT2D eigenvalue weighted by molar-refractivity contribution is 0.0953. The van der Waals surface area contributed by atoms with Crippen molar-refractivity contribution >= 4 is 21.6 Å². The fourth-order valence-electron chi connectivity index (χ4n) is 3.11. The number of hydrogen-bond donors (Lipinski definition) is 2. The van der Waals surface area contributed by atoms with E-state index in [2.05, 4.69) is 10.0 Å². The molecular weight excluding hydrogens is 412 g/mol. The third-order valence-electron chi connectivity index (χ3n) is 4.83. The van der Waals surface area contributed by atoms with Crippen LogP contribution in [0.25, 0.3) is 0 Å². The van der Waals surface area contributed by atoms with Crippen LogP contribution in [0.4, 0.5) is 5.69 Å². The Morgan fingerprint density at radius 1 is 0.935 bits per heavy atom. The molecule has 0 atom stereocenters. The van der Waals surface area contributed by atoms with Crippen molar-refractivity contribution in [1.29, 1.82) is 0 Å². The molecule has 3 rings (SSSR count). The Balaban J connectivity index is 1.52. The zero-order chi connectivity index (χ0) is 22.3. The van der Waals surface area contributed by atoms with Gasteiger partial charge in [-0.15, -0.1) is 0 Å². The van der Waals surface area contributed by atoms with E-state index in [-0.39, 0.29) is 10.8 Å². The van der Waals surface area contributed by atoms with Crippen LogP contribution < -0.4 is 14.8 Å². The van der Waals surface area contributed by atoms with Crippen LogP contribution in [0.2, 0.25) is 0 Å². The minimum atomic E-state index is -3.67. The summed E-state index contributed by atoms with van der Waals surface area (Å²) in [4.78, 5) is 12.5. The lowest BCUT2D eigenvalue weighted by Gasteiger charge is -2.10. The van der Waals surface area contributed by atoms with Gasteiger partial charge in [0.25, 0.3) is 15.9 Å². The summed E-state index contributed by atoms with van der Waals surface area (Å²) < 4.78 is 32.8. The fraction of sp³-hybridized carbons (Fsp3) is 0.208. The van der Waals surface area contributed by atoms with Gasteiger partial charge in [0, 0.05) is 17.8 Å². The van der Waals surface area contributed by atoms with Crippen LogP contribution in [-0.4, -0.2) is 28.0 Å². The summed E-state index contributed by atoms with van der Waals surface area (Å²) in [6.07, 6.45) is 1.57. The molecule has 1 amide bonds. The van der Waals surface area contributed by atoms with Crippen molar-refractivity contribution in [3.8, 4) is 5.75 Å². The minimum absolute atomic E-state index is 0.190. The summed E-state index contributed by atoms with van der Waals surface area (Å²) in [7, 11) is -2.03. The number of sulfonamides is 1. The highest BCUT2D eigenvalue weighted by molar-refractivity contribution is 7.92. The number of ether oxygens (including phenoxy) is 1. The van der Waals surface area contributed by atoms with Gasteiger partial charge in [0.15, 0.2) is 0 Å². The molecule has 0 radical (unpaired) electrons. The zero-order valence-electron chi connectivity index (χ0n) is 17.6. The van der Waals surface area contributed by atoms with Crippen molar-refractivity contribution < 1.29 is 17.9 Å². The number of benzene rings is 3. The van der Waals surface area contributed by atoms with Crippen molar-refractivity contribution in [3.63, 3.8) is 0 Å². The third kappa shape index (κ3) is 6.08. The van der Waals surface area contributed by atoms with Gasteiger partial charge in [-0.05, 0) is 67.8 Å². The summed E-state index contributed by atoms with van der Waals surface area (Å²) in [6.45, 7) is 2.42. The number of carbonyl (C=O) groups excluding carboxylic acids is 1. The van der Waals surface area contributed by atoms with Crippen molar-refractivity contribution in [3.05, 3.63) is 89.5 Å². The Morgan fingerprint density at radius 2 is 1.61 bits per heavy atom. The van der Waals surface area contributed by atoms with Gasteiger partial charge in [-0.2, -0.15) is 0 Å². The smallest absolute Gasteiger partial charge is 0.261 e. The van der Waals surface area contributed by atoms with E-state index in [4.69, 9.17) is 4.74 Å². The molecular formula is C24H26N2O4S. The largest absolute Gasteiger partial charge is 0.496 e. The van der Waals surface area contributed by atoms with Crippen LogP contribution in [0.1, 0.15) is 27.9 Å². The molecule has 6 nitrogen and oxygen atoms in total. The second-order valence-corrected chi connectivity index (χ2v) is 8.85. The first-order valence-corrected chi connectivity index (χ1v) is 11.5. The molecule has 0 saturated carbocycles. The number of nitrogens with one attached hydrogen (secondary N) is 2. The first kappa shape index (κ1) is 22.4. The molecule has 0 aliphatic carbocycles. The molecule has 0 spiro atoms. The highest BCUT2D eigenvalue weighted by Crippen LogP contribution is 2.19. The number of carbonyl (C=O) groups is 1. The van der Waals surface area contributed by atoms with Crippen LogP contribution in [-0.2, 0) is 16.4 Å². The lowest BCUT2D eigenvalue weighted by Crippen LogP contribution is -2.24. The highest BCUT2D eigenvalue weighted by Gasteiger charge is 2.14. The number of anilines is 1. The van der Waals surface area contributed by atoms with Gasteiger partial charge in [-0.25, -0.2) is 8.42 Å². The van der Waals surface area contributed by atoms with Crippen LogP contribution in [0, 0.1) is 6.92 Å². The van der Waals surface area contributed by atoms with Crippen molar-refractivity contribution in [2.75, 3.05) is 18.4 Å². The van der Waals surface area contributed by atoms with Gasteiger partial charge in [0.2, 0.25) is 0 Å². The molecule has 0 unspecified atom stereocenters. The average Bonchev–Trinajstić information content (AvgIpc) is 2.77. The van der Waals surface area contributed by atoms with E-state index in [1.807, 2.05) is 31.2 Å². The van der Waals surface area contributed by atoms with Gasteiger partial charge >= 0.3 is 0 Å². The molecule has 7 heteroatoms. The number of amides is 1. The number of methoxy groups -OCH3 is 1. The van der Waals surface area contributed by atoms with E-state index in [0.717, 1.165) is 29.7 Å². The normalized spacial score (nSPS) is 11.0. The van der Waals surface area contributed by atoms with E-state index in [9.17, 15) is 13.2 Å². The highest BCUT2D eigenvalue weighted by atomic mass is 32.2. The van der Waals surface area contributed by atoms with Gasteiger partial charge in [-0.1, -0.05) is 35.9 Å². The van der Waals surface area contributed by atoms with Crippen molar-refractivity contribution in [2.24, 2.45) is 0 Å². The SMILES string of the molecule is COc1ccccc1CCCNC(=O)c1ccc(NS(=O)(=O)c2ccc(C)cc2)cc1. The van der Waals surface area contributed by atoms with Crippen LogP contribution in [0.5, 0.6) is 5.75 Å². The van der Waals surface area contributed by atoms with Crippen molar-refractivity contribution in [1.82, 2.24) is 5.32 Å². The molecule has 0 aliphatic heterocycles. The molecule has 0 bridgehead atoms. The maximum absolute atomic E-state index is 12.5. The summed E-state index contributed by atoms with van der Waals surface area (Å²) in [5.41, 5.74) is 2.95. The molecule has 3 aromatic carbocycles. The van der Waals surface area contributed by atoms with Crippen LogP contribution in [0.15, 0.2) is 77.7 Å².